The molecule has 0 saturated heterocycles. The highest BCUT2D eigenvalue weighted by Crippen LogP contribution is 2.35. The molecule has 1 aromatic rings. The number of fused-ring (bicyclic) bond motifs is 1. The summed E-state index contributed by atoms with van der Waals surface area (Å²) in [5, 5.41) is 9.14. The second kappa shape index (κ2) is 6.13. The van der Waals surface area contributed by atoms with Crippen molar-refractivity contribution in [2.45, 2.75) is 44.6 Å². The number of rotatable bonds is 6. The minimum absolute atomic E-state index is 0.130. The smallest absolute Gasteiger partial charge is 0.308 e. The van der Waals surface area contributed by atoms with Crippen molar-refractivity contribution < 1.29 is 23.1 Å². The number of nitrogens with one attached hydrogen (secondary N) is 1. The van der Waals surface area contributed by atoms with Crippen LogP contribution in [0.15, 0.2) is 23.1 Å². The van der Waals surface area contributed by atoms with Crippen LogP contribution in [0.25, 0.3) is 0 Å². The lowest BCUT2D eigenvalue weighted by atomic mass is 9.97. The Kier molecular flexibility index (Phi) is 4.73. The van der Waals surface area contributed by atoms with E-state index >= 15 is 0 Å². The Balaban J connectivity index is 2.17. The van der Waals surface area contributed by atoms with E-state index < -0.39 is 21.9 Å². The van der Waals surface area contributed by atoms with Gasteiger partial charge in [0.25, 0.3) is 0 Å². The van der Waals surface area contributed by atoms with Crippen LogP contribution in [-0.4, -0.2) is 31.6 Å². The molecule has 0 fully saturated rings. The third-order valence-electron chi connectivity index (χ3n) is 3.96. The van der Waals surface area contributed by atoms with E-state index in [4.69, 9.17) is 9.84 Å². The first-order valence-corrected chi connectivity index (χ1v) is 9.04. The quantitative estimate of drug-likeness (QED) is 0.826. The Morgan fingerprint density at radius 3 is 2.61 bits per heavy atom. The Labute approximate surface area is 136 Å². The van der Waals surface area contributed by atoms with Gasteiger partial charge in [0.05, 0.1) is 10.8 Å². The van der Waals surface area contributed by atoms with Gasteiger partial charge in [0.1, 0.15) is 11.4 Å². The molecule has 2 N–H and O–H groups in total. The van der Waals surface area contributed by atoms with Crippen molar-refractivity contribution in [3.63, 3.8) is 0 Å². The standard InChI is InChI=1S/C16H23NO5S/c1-10(2)13(15(18)19)9-17-23(20,21)12-5-6-14-11(7-12)8-16(3,4)22-14/h5-7,10,13,17H,8-9H2,1-4H3,(H,18,19)/t13-/m0/s1. The van der Waals surface area contributed by atoms with Gasteiger partial charge in [-0.25, -0.2) is 13.1 Å². The lowest BCUT2D eigenvalue weighted by molar-refractivity contribution is -0.142. The van der Waals surface area contributed by atoms with Crippen LogP contribution in [0, 0.1) is 11.8 Å². The van der Waals surface area contributed by atoms with Crippen LogP contribution in [0.3, 0.4) is 0 Å². The monoisotopic (exact) mass is 341 g/mol. The SMILES string of the molecule is CC(C)[C@H](CNS(=O)(=O)c1ccc2c(c1)CC(C)(C)O2)C(=O)O. The van der Waals surface area contributed by atoms with Gasteiger partial charge < -0.3 is 9.84 Å². The molecule has 0 radical (unpaired) electrons. The van der Waals surface area contributed by atoms with Crippen molar-refractivity contribution in [3.8, 4) is 5.75 Å². The summed E-state index contributed by atoms with van der Waals surface area (Å²) in [6.07, 6.45) is 0.634. The first-order valence-electron chi connectivity index (χ1n) is 7.56. The molecule has 1 heterocycles. The molecular formula is C16H23NO5S. The average Bonchev–Trinajstić information content (AvgIpc) is 2.70. The number of aliphatic carboxylic acids is 1. The summed E-state index contributed by atoms with van der Waals surface area (Å²) in [5.41, 5.74) is 0.501. The second-order valence-electron chi connectivity index (χ2n) is 6.85. The summed E-state index contributed by atoms with van der Waals surface area (Å²) in [5.74, 6) is -1.24. The molecule has 1 aliphatic heterocycles. The molecule has 0 aromatic heterocycles. The van der Waals surface area contributed by atoms with Crippen molar-refractivity contribution >= 4 is 16.0 Å². The van der Waals surface area contributed by atoms with Crippen molar-refractivity contribution in [1.82, 2.24) is 4.72 Å². The maximum absolute atomic E-state index is 12.4. The molecule has 0 amide bonds. The molecule has 2 rings (SSSR count). The molecule has 0 unspecified atom stereocenters. The Morgan fingerprint density at radius 1 is 1.39 bits per heavy atom. The molecule has 0 saturated carbocycles. The normalized spacial score (nSPS) is 17.6. The molecule has 128 valence electrons. The third-order valence-corrected chi connectivity index (χ3v) is 5.38. The fraction of sp³-hybridized carbons (Fsp3) is 0.562. The Bertz CT molecular complexity index is 709. The number of carbonyl (C=O) groups is 1. The number of carboxylic acids is 1. The number of carboxylic acid groups (broad SMARTS) is 1. The van der Waals surface area contributed by atoms with E-state index in [1.165, 1.54) is 6.07 Å². The van der Waals surface area contributed by atoms with Crippen molar-refractivity contribution in [1.29, 1.82) is 0 Å². The van der Waals surface area contributed by atoms with E-state index in [2.05, 4.69) is 4.72 Å². The van der Waals surface area contributed by atoms with Crippen molar-refractivity contribution in [2.75, 3.05) is 6.54 Å². The minimum atomic E-state index is -3.75. The molecule has 7 heteroatoms. The van der Waals surface area contributed by atoms with Gasteiger partial charge in [-0.1, -0.05) is 13.8 Å². The molecule has 1 aromatic carbocycles. The van der Waals surface area contributed by atoms with Gasteiger partial charge in [-0.3, -0.25) is 4.79 Å². The highest BCUT2D eigenvalue weighted by Gasteiger charge is 2.31. The van der Waals surface area contributed by atoms with Crippen LogP contribution in [0.2, 0.25) is 0 Å². The van der Waals surface area contributed by atoms with Crippen LogP contribution in [-0.2, 0) is 21.2 Å². The molecule has 0 spiro atoms. The molecule has 1 atom stereocenters. The zero-order chi connectivity index (χ0) is 17.4. The van der Waals surface area contributed by atoms with Crippen molar-refractivity contribution in [3.05, 3.63) is 23.8 Å². The molecule has 1 aliphatic rings. The topological polar surface area (TPSA) is 92.7 Å². The zero-order valence-corrected chi connectivity index (χ0v) is 14.6. The fourth-order valence-corrected chi connectivity index (χ4v) is 3.75. The predicted molar refractivity (Wildman–Crippen MR) is 86.0 cm³/mol. The lowest BCUT2D eigenvalue weighted by Gasteiger charge is -2.17. The summed E-state index contributed by atoms with van der Waals surface area (Å²) >= 11 is 0. The first-order chi connectivity index (χ1) is 10.5. The summed E-state index contributed by atoms with van der Waals surface area (Å²) in [7, 11) is -3.75. The van der Waals surface area contributed by atoms with E-state index in [0.29, 0.717) is 12.2 Å². The second-order valence-corrected chi connectivity index (χ2v) is 8.62. The average molecular weight is 341 g/mol. The van der Waals surface area contributed by atoms with Gasteiger partial charge in [0.2, 0.25) is 10.0 Å². The van der Waals surface area contributed by atoms with E-state index in [0.717, 1.165) is 5.56 Å². The Morgan fingerprint density at radius 2 is 2.04 bits per heavy atom. The fourth-order valence-electron chi connectivity index (χ4n) is 2.64. The van der Waals surface area contributed by atoms with Crippen LogP contribution < -0.4 is 9.46 Å². The minimum Gasteiger partial charge on any atom is -0.487 e. The third kappa shape index (κ3) is 4.03. The number of benzene rings is 1. The van der Waals surface area contributed by atoms with Gasteiger partial charge in [-0.15, -0.1) is 0 Å². The Hall–Kier alpha value is -1.60. The predicted octanol–water partition coefficient (Wildman–Crippen LogP) is 2.04. The van der Waals surface area contributed by atoms with E-state index in [1.54, 1.807) is 26.0 Å². The number of sulfonamides is 1. The molecular weight excluding hydrogens is 318 g/mol. The molecule has 6 nitrogen and oxygen atoms in total. The molecule has 0 aliphatic carbocycles. The number of hydrogen-bond donors (Lipinski definition) is 2. The summed E-state index contributed by atoms with van der Waals surface area (Å²) in [4.78, 5) is 11.3. The lowest BCUT2D eigenvalue weighted by Crippen LogP contribution is -2.35. The maximum Gasteiger partial charge on any atom is 0.308 e. The van der Waals surface area contributed by atoms with E-state index in [9.17, 15) is 13.2 Å². The summed E-state index contributed by atoms with van der Waals surface area (Å²) in [6.45, 7) is 7.26. The zero-order valence-electron chi connectivity index (χ0n) is 13.8. The first kappa shape index (κ1) is 17.7. The number of hydrogen-bond acceptors (Lipinski definition) is 4. The highest BCUT2D eigenvalue weighted by atomic mass is 32.2. The maximum atomic E-state index is 12.4. The molecule has 23 heavy (non-hydrogen) atoms. The van der Waals surface area contributed by atoms with E-state index in [1.807, 2.05) is 13.8 Å². The van der Waals surface area contributed by atoms with Gasteiger partial charge in [0, 0.05) is 13.0 Å². The van der Waals surface area contributed by atoms with Gasteiger partial charge in [-0.05, 0) is 43.5 Å². The summed E-state index contributed by atoms with van der Waals surface area (Å²) in [6, 6.07) is 4.72. The number of ether oxygens (including phenoxy) is 1. The van der Waals surface area contributed by atoms with E-state index in [-0.39, 0.29) is 23.0 Å². The van der Waals surface area contributed by atoms with Crippen LogP contribution in [0.1, 0.15) is 33.3 Å². The van der Waals surface area contributed by atoms with Crippen LogP contribution in [0.5, 0.6) is 5.75 Å². The van der Waals surface area contributed by atoms with Crippen LogP contribution >= 0.6 is 0 Å². The van der Waals surface area contributed by atoms with Gasteiger partial charge in [-0.2, -0.15) is 0 Å². The van der Waals surface area contributed by atoms with Gasteiger partial charge in [0.15, 0.2) is 0 Å². The van der Waals surface area contributed by atoms with Gasteiger partial charge >= 0.3 is 5.97 Å². The molecule has 0 bridgehead atoms. The highest BCUT2D eigenvalue weighted by molar-refractivity contribution is 7.89. The largest absolute Gasteiger partial charge is 0.487 e. The summed E-state index contributed by atoms with van der Waals surface area (Å²) < 4.78 is 32.9. The van der Waals surface area contributed by atoms with Crippen molar-refractivity contribution in [2.24, 2.45) is 11.8 Å². The van der Waals surface area contributed by atoms with Crippen LogP contribution in [0.4, 0.5) is 0 Å².